The van der Waals surface area contributed by atoms with Gasteiger partial charge in [0.25, 0.3) is 0 Å². The van der Waals surface area contributed by atoms with E-state index >= 15 is 0 Å². The monoisotopic (exact) mass is 198 g/mol. The SMILES string of the molecule is O=C(O)C1(F)CCc2c(F)cccc21. The average molecular weight is 198 g/mol. The maximum absolute atomic E-state index is 13.8. The molecule has 74 valence electrons. The molecule has 0 radical (unpaired) electrons. The van der Waals surface area contributed by atoms with E-state index in [0.29, 0.717) is 0 Å². The first kappa shape index (κ1) is 9.12. The van der Waals surface area contributed by atoms with E-state index in [0.717, 1.165) is 0 Å². The number of benzene rings is 1. The third kappa shape index (κ3) is 1.03. The van der Waals surface area contributed by atoms with Crippen molar-refractivity contribution in [2.24, 2.45) is 0 Å². The molecule has 14 heavy (non-hydrogen) atoms. The molecule has 1 N–H and O–H groups in total. The van der Waals surface area contributed by atoms with Gasteiger partial charge >= 0.3 is 5.97 Å². The van der Waals surface area contributed by atoms with E-state index in [2.05, 4.69) is 0 Å². The molecule has 1 aromatic carbocycles. The summed E-state index contributed by atoms with van der Waals surface area (Å²) in [6.07, 6.45) is -0.0383. The highest BCUT2D eigenvalue weighted by Crippen LogP contribution is 2.41. The lowest BCUT2D eigenvalue weighted by Crippen LogP contribution is -2.27. The van der Waals surface area contributed by atoms with Gasteiger partial charge in [-0.1, -0.05) is 12.1 Å². The summed E-state index contributed by atoms with van der Waals surface area (Å²) in [5.41, 5.74) is -2.25. The van der Waals surface area contributed by atoms with E-state index in [9.17, 15) is 13.6 Å². The number of carbonyl (C=O) groups is 1. The Morgan fingerprint density at radius 2 is 2.21 bits per heavy atom. The largest absolute Gasteiger partial charge is 0.479 e. The van der Waals surface area contributed by atoms with E-state index in [1.807, 2.05) is 0 Å². The van der Waals surface area contributed by atoms with Crippen LogP contribution in [0, 0.1) is 5.82 Å². The Hall–Kier alpha value is -1.45. The van der Waals surface area contributed by atoms with E-state index in [1.54, 1.807) is 0 Å². The van der Waals surface area contributed by atoms with Crippen molar-refractivity contribution in [3.05, 3.63) is 35.1 Å². The molecular formula is C10H8F2O2. The van der Waals surface area contributed by atoms with Gasteiger partial charge in [-0.3, -0.25) is 0 Å². The van der Waals surface area contributed by atoms with Gasteiger partial charge in [0.2, 0.25) is 5.67 Å². The molecule has 0 spiro atoms. The molecule has 0 saturated heterocycles. The fourth-order valence-electron chi connectivity index (χ4n) is 1.84. The Morgan fingerprint density at radius 1 is 1.50 bits per heavy atom. The first-order chi connectivity index (χ1) is 6.55. The molecule has 0 heterocycles. The molecule has 4 heteroatoms. The number of aliphatic carboxylic acids is 1. The molecule has 0 aromatic heterocycles. The van der Waals surface area contributed by atoms with Gasteiger partial charge in [-0.05, 0) is 18.1 Å². The van der Waals surface area contributed by atoms with Gasteiger partial charge in [-0.2, -0.15) is 0 Å². The Balaban J connectivity index is 2.60. The lowest BCUT2D eigenvalue weighted by atomic mass is 9.98. The van der Waals surface area contributed by atoms with Crippen LogP contribution in [0.15, 0.2) is 18.2 Å². The fourth-order valence-corrected chi connectivity index (χ4v) is 1.84. The van der Waals surface area contributed by atoms with Gasteiger partial charge in [0.05, 0.1) is 0 Å². The Morgan fingerprint density at radius 3 is 2.86 bits per heavy atom. The van der Waals surface area contributed by atoms with Crippen molar-refractivity contribution in [1.82, 2.24) is 0 Å². The normalized spacial score (nSPS) is 24.7. The highest BCUT2D eigenvalue weighted by molar-refractivity contribution is 5.81. The number of hydrogen-bond donors (Lipinski definition) is 1. The van der Waals surface area contributed by atoms with Crippen LogP contribution in [-0.4, -0.2) is 11.1 Å². The molecule has 1 aromatic rings. The highest BCUT2D eigenvalue weighted by atomic mass is 19.1. The predicted octanol–water partition coefficient (Wildman–Crippen LogP) is 2.02. The Labute approximate surface area is 79.2 Å². The predicted molar refractivity (Wildman–Crippen MR) is 45.1 cm³/mol. The standard InChI is InChI=1S/C10H8F2O2/c11-8-3-1-2-7-6(8)4-5-10(7,12)9(13)14/h1-3H,4-5H2,(H,13,14). The second kappa shape index (κ2) is 2.77. The number of fused-ring (bicyclic) bond motifs is 1. The minimum Gasteiger partial charge on any atom is -0.479 e. The zero-order chi connectivity index (χ0) is 10.3. The molecule has 1 unspecified atom stereocenters. The van der Waals surface area contributed by atoms with Crippen LogP contribution in [-0.2, 0) is 16.9 Å². The minimum absolute atomic E-state index is 0.0370. The van der Waals surface area contributed by atoms with Crippen molar-refractivity contribution in [3.8, 4) is 0 Å². The van der Waals surface area contributed by atoms with E-state index < -0.39 is 17.5 Å². The van der Waals surface area contributed by atoms with Gasteiger partial charge in [-0.15, -0.1) is 0 Å². The summed E-state index contributed by atoms with van der Waals surface area (Å²) in [6, 6.07) is 3.88. The first-order valence-corrected chi connectivity index (χ1v) is 4.26. The summed E-state index contributed by atoms with van der Waals surface area (Å²) in [4.78, 5) is 10.7. The minimum atomic E-state index is -2.41. The number of alkyl halides is 1. The number of carboxylic acid groups (broad SMARTS) is 1. The summed E-state index contributed by atoms with van der Waals surface area (Å²) in [5, 5.41) is 8.71. The summed E-state index contributed by atoms with van der Waals surface area (Å²) >= 11 is 0. The van der Waals surface area contributed by atoms with Crippen molar-refractivity contribution < 1.29 is 18.7 Å². The molecule has 1 atom stereocenters. The van der Waals surface area contributed by atoms with Crippen LogP contribution in [0.3, 0.4) is 0 Å². The van der Waals surface area contributed by atoms with Crippen LogP contribution in [0.2, 0.25) is 0 Å². The zero-order valence-corrected chi connectivity index (χ0v) is 7.26. The lowest BCUT2D eigenvalue weighted by molar-refractivity contribution is -0.151. The molecule has 0 amide bonds. The van der Waals surface area contributed by atoms with Gasteiger partial charge in [0, 0.05) is 12.0 Å². The molecule has 0 aliphatic heterocycles. The Bertz CT molecular complexity index is 403. The molecule has 0 saturated carbocycles. The topological polar surface area (TPSA) is 37.3 Å². The lowest BCUT2D eigenvalue weighted by Gasteiger charge is -2.14. The molecular weight excluding hydrogens is 190 g/mol. The number of rotatable bonds is 1. The summed E-state index contributed by atoms with van der Waals surface area (Å²) in [7, 11) is 0. The second-order valence-corrected chi connectivity index (χ2v) is 3.37. The maximum atomic E-state index is 13.8. The molecule has 0 fully saturated rings. The first-order valence-electron chi connectivity index (χ1n) is 4.26. The van der Waals surface area contributed by atoms with Gasteiger partial charge in [-0.25, -0.2) is 13.6 Å². The van der Waals surface area contributed by atoms with Crippen LogP contribution < -0.4 is 0 Å². The van der Waals surface area contributed by atoms with Crippen LogP contribution in [0.4, 0.5) is 8.78 Å². The van der Waals surface area contributed by atoms with Crippen molar-refractivity contribution in [2.45, 2.75) is 18.5 Å². The van der Waals surface area contributed by atoms with Gasteiger partial charge < -0.3 is 5.11 Å². The smallest absolute Gasteiger partial charge is 0.346 e. The summed E-state index contributed by atoms with van der Waals surface area (Å²) in [5.74, 6) is -2.06. The Kier molecular flexibility index (Phi) is 1.80. The number of hydrogen-bond acceptors (Lipinski definition) is 1. The summed E-state index contributed by atoms with van der Waals surface area (Å²) < 4.78 is 27.0. The van der Waals surface area contributed by atoms with Crippen molar-refractivity contribution in [1.29, 1.82) is 0 Å². The van der Waals surface area contributed by atoms with Crippen molar-refractivity contribution in [3.63, 3.8) is 0 Å². The van der Waals surface area contributed by atoms with E-state index in [4.69, 9.17) is 5.11 Å². The molecule has 1 aliphatic carbocycles. The van der Waals surface area contributed by atoms with Crippen LogP contribution in [0.5, 0.6) is 0 Å². The van der Waals surface area contributed by atoms with E-state index in [1.165, 1.54) is 18.2 Å². The zero-order valence-electron chi connectivity index (χ0n) is 7.26. The molecule has 2 nitrogen and oxygen atoms in total. The van der Waals surface area contributed by atoms with Crippen LogP contribution in [0.1, 0.15) is 17.5 Å². The van der Waals surface area contributed by atoms with Crippen LogP contribution in [0.25, 0.3) is 0 Å². The highest BCUT2D eigenvalue weighted by Gasteiger charge is 2.46. The molecule has 2 rings (SSSR count). The third-order valence-electron chi connectivity index (χ3n) is 2.60. The van der Waals surface area contributed by atoms with Crippen LogP contribution >= 0.6 is 0 Å². The summed E-state index contributed by atoms with van der Waals surface area (Å²) in [6.45, 7) is 0. The maximum Gasteiger partial charge on any atom is 0.346 e. The quantitative estimate of drug-likeness (QED) is 0.749. The number of halogens is 2. The van der Waals surface area contributed by atoms with Crippen molar-refractivity contribution >= 4 is 5.97 Å². The van der Waals surface area contributed by atoms with Crippen molar-refractivity contribution in [2.75, 3.05) is 0 Å². The fraction of sp³-hybridized carbons (Fsp3) is 0.300. The molecule has 1 aliphatic rings. The average Bonchev–Trinajstić information content (AvgIpc) is 2.47. The second-order valence-electron chi connectivity index (χ2n) is 3.37. The van der Waals surface area contributed by atoms with E-state index in [-0.39, 0.29) is 24.0 Å². The molecule has 0 bridgehead atoms. The third-order valence-corrected chi connectivity index (χ3v) is 2.60. The van der Waals surface area contributed by atoms with Gasteiger partial charge in [0.1, 0.15) is 5.82 Å². The van der Waals surface area contributed by atoms with Gasteiger partial charge in [0.15, 0.2) is 0 Å². The number of carboxylic acids is 1.